The first kappa shape index (κ1) is 17.9. The maximum atomic E-state index is 11.9. The SMILES string of the molecule is COCC(N)C(=O)N(C)CC(C)c1ccccc1.Cl. The summed E-state index contributed by atoms with van der Waals surface area (Å²) in [5, 5.41) is 0. The zero-order chi connectivity index (χ0) is 13.5. The summed E-state index contributed by atoms with van der Waals surface area (Å²) in [6, 6.07) is 9.55. The number of methoxy groups -OCH3 is 1. The average molecular weight is 287 g/mol. The van der Waals surface area contributed by atoms with E-state index in [1.165, 1.54) is 5.56 Å². The fourth-order valence-corrected chi connectivity index (χ4v) is 1.92. The van der Waals surface area contributed by atoms with E-state index in [9.17, 15) is 4.79 Å². The molecular formula is C14H23ClN2O2. The van der Waals surface area contributed by atoms with Crippen molar-refractivity contribution in [1.82, 2.24) is 4.90 Å². The van der Waals surface area contributed by atoms with E-state index in [1.807, 2.05) is 18.2 Å². The molecule has 0 aromatic heterocycles. The number of halogens is 1. The molecule has 1 aromatic carbocycles. The lowest BCUT2D eigenvalue weighted by Crippen LogP contribution is -2.45. The molecule has 0 saturated carbocycles. The van der Waals surface area contributed by atoms with E-state index in [2.05, 4.69) is 19.1 Å². The molecule has 2 atom stereocenters. The van der Waals surface area contributed by atoms with Crippen LogP contribution in [-0.4, -0.2) is 44.2 Å². The molecular weight excluding hydrogens is 264 g/mol. The van der Waals surface area contributed by atoms with Gasteiger partial charge in [-0.2, -0.15) is 0 Å². The number of benzene rings is 1. The maximum absolute atomic E-state index is 11.9. The highest BCUT2D eigenvalue weighted by Crippen LogP contribution is 2.15. The molecule has 2 N–H and O–H groups in total. The first-order chi connectivity index (χ1) is 8.56. The predicted octanol–water partition coefficient (Wildman–Crippen LogP) is 1.64. The van der Waals surface area contributed by atoms with Crippen LogP contribution in [0.4, 0.5) is 0 Å². The second-order valence-electron chi connectivity index (χ2n) is 4.59. The van der Waals surface area contributed by atoms with Crippen LogP contribution in [0.1, 0.15) is 18.4 Å². The highest BCUT2D eigenvalue weighted by atomic mass is 35.5. The van der Waals surface area contributed by atoms with Crippen LogP contribution in [0, 0.1) is 0 Å². The summed E-state index contributed by atoms with van der Waals surface area (Å²) in [5.74, 6) is 0.203. The van der Waals surface area contributed by atoms with Crippen LogP contribution in [0.5, 0.6) is 0 Å². The maximum Gasteiger partial charge on any atom is 0.241 e. The number of carbonyl (C=O) groups excluding carboxylic acids is 1. The molecule has 0 heterocycles. The lowest BCUT2D eigenvalue weighted by Gasteiger charge is -2.24. The minimum Gasteiger partial charge on any atom is -0.383 e. The Morgan fingerprint density at radius 3 is 2.47 bits per heavy atom. The lowest BCUT2D eigenvalue weighted by molar-refractivity contribution is -0.132. The van der Waals surface area contributed by atoms with Gasteiger partial charge in [-0.1, -0.05) is 37.3 Å². The normalized spacial score (nSPS) is 13.3. The molecule has 4 nitrogen and oxygen atoms in total. The highest BCUT2D eigenvalue weighted by Gasteiger charge is 2.19. The van der Waals surface area contributed by atoms with Crippen molar-refractivity contribution in [2.75, 3.05) is 27.3 Å². The van der Waals surface area contributed by atoms with Gasteiger partial charge in [0.05, 0.1) is 6.61 Å². The Balaban J connectivity index is 0.00000324. The van der Waals surface area contributed by atoms with Gasteiger partial charge in [0.25, 0.3) is 0 Å². The number of hydrogen-bond acceptors (Lipinski definition) is 3. The van der Waals surface area contributed by atoms with Gasteiger partial charge in [0, 0.05) is 20.7 Å². The molecule has 0 aliphatic rings. The van der Waals surface area contributed by atoms with Crippen LogP contribution in [0.3, 0.4) is 0 Å². The molecule has 5 heteroatoms. The molecule has 2 unspecified atom stereocenters. The number of likely N-dealkylation sites (N-methyl/N-ethyl adjacent to an activating group) is 1. The Kier molecular flexibility index (Phi) is 8.39. The standard InChI is InChI=1S/C14H22N2O2.ClH/c1-11(12-7-5-4-6-8-12)9-16(2)14(17)13(15)10-18-3;/h4-8,11,13H,9-10,15H2,1-3H3;1H. The first-order valence-corrected chi connectivity index (χ1v) is 6.10. The van der Waals surface area contributed by atoms with Crippen molar-refractivity contribution in [1.29, 1.82) is 0 Å². The Morgan fingerprint density at radius 2 is 1.95 bits per heavy atom. The van der Waals surface area contributed by atoms with Crippen LogP contribution >= 0.6 is 12.4 Å². The number of nitrogens with zero attached hydrogens (tertiary/aromatic N) is 1. The lowest BCUT2D eigenvalue weighted by atomic mass is 10.0. The van der Waals surface area contributed by atoms with Gasteiger partial charge >= 0.3 is 0 Å². The molecule has 108 valence electrons. The zero-order valence-corrected chi connectivity index (χ0v) is 12.5. The molecule has 0 aliphatic carbocycles. The quantitative estimate of drug-likeness (QED) is 0.865. The monoisotopic (exact) mass is 286 g/mol. The van der Waals surface area contributed by atoms with Crippen molar-refractivity contribution < 1.29 is 9.53 Å². The molecule has 0 fully saturated rings. The van der Waals surface area contributed by atoms with Gasteiger partial charge in [-0.05, 0) is 11.5 Å². The van der Waals surface area contributed by atoms with Gasteiger partial charge in [-0.3, -0.25) is 4.79 Å². The van der Waals surface area contributed by atoms with E-state index in [0.29, 0.717) is 6.54 Å². The van der Waals surface area contributed by atoms with Gasteiger partial charge in [-0.25, -0.2) is 0 Å². The summed E-state index contributed by atoms with van der Waals surface area (Å²) in [4.78, 5) is 13.6. The summed E-state index contributed by atoms with van der Waals surface area (Å²) in [6.07, 6.45) is 0. The fraction of sp³-hybridized carbons (Fsp3) is 0.500. The Hall–Kier alpha value is -1.10. The van der Waals surface area contributed by atoms with Crippen molar-refractivity contribution in [3.05, 3.63) is 35.9 Å². The van der Waals surface area contributed by atoms with Crippen molar-refractivity contribution in [3.8, 4) is 0 Å². The van der Waals surface area contributed by atoms with Crippen molar-refractivity contribution in [2.24, 2.45) is 5.73 Å². The second-order valence-corrected chi connectivity index (χ2v) is 4.59. The van der Waals surface area contributed by atoms with Gasteiger partial charge in [-0.15, -0.1) is 12.4 Å². The van der Waals surface area contributed by atoms with Crippen molar-refractivity contribution in [3.63, 3.8) is 0 Å². The number of amides is 1. The minimum absolute atomic E-state index is 0. The molecule has 0 bridgehead atoms. The number of nitrogens with two attached hydrogens (primary N) is 1. The molecule has 0 saturated heterocycles. The van der Waals surface area contributed by atoms with Gasteiger partial charge < -0.3 is 15.4 Å². The Bertz CT molecular complexity index is 373. The van der Waals surface area contributed by atoms with Crippen LogP contribution in [0.2, 0.25) is 0 Å². The van der Waals surface area contributed by atoms with Gasteiger partial charge in [0.2, 0.25) is 5.91 Å². The predicted molar refractivity (Wildman–Crippen MR) is 79.6 cm³/mol. The molecule has 1 rings (SSSR count). The van der Waals surface area contributed by atoms with Gasteiger partial charge in [0.1, 0.15) is 6.04 Å². The summed E-state index contributed by atoms with van der Waals surface area (Å²) in [7, 11) is 3.32. The highest BCUT2D eigenvalue weighted by molar-refractivity contribution is 5.85. The minimum atomic E-state index is -0.581. The third-order valence-corrected chi connectivity index (χ3v) is 2.96. The fourth-order valence-electron chi connectivity index (χ4n) is 1.92. The van der Waals surface area contributed by atoms with E-state index < -0.39 is 6.04 Å². The Labute approximate surface area is 121 Å². The summed E-state index contributed by atoms with van der Waals surface area (Å²) >= 11 is 0. The van der Waals surface area contributed by atoms with E-state index in [0.717, 1.165) is 0 Å². The zero-order valence-electron chi connectivity index (χ0n) is 11.7. The summed E-state index contributed by atoms with van der Waals surface area (Å²) < 4.78 is 4.89. The van der Waals surface area contributed by atoms with E-state index >= 15 is 0 Å². The van der Waals surface area contributed by atoms with E-state index in [4.69, 9.17) is 10.5 Å². The molecule has 1 aromatic rings. The molecule has 0 radical (unpaired) electrons. The topological polar surface area (TPSA) is 55.6 Å². The molecule has 1 amide bonds. The smallest absolute Gasteiger partial charge is 0.241 e. The molecule has 0 spiro atoms. The summed E-state index contributed by atoms with van der Waals surface area (Å²) in [6.45, 7) is 3.00. The van der Waals surface area contributed by atoms with Crippen LogP contribution in [0.25, 0.3) is 0 Å². The van der Waals surface area contributed by atoms with Gasteiger partial charge in [0.15, 0.2) is 0 Å². The number of ether oxygens (including phenoxy) is 1. The van der Waals surface area contributed by atoms with Crippen LogP contribution in [0.15, 0.2) is 30.3 Å². The third-order valence-electron chi connectivity index (χ3n) is 2.96. The van der Waals surface area contributed by atoms with Crippen LogP contribution in [-0.2, 0) is 9.53 Å². The Morgan fingerprint density at radius 1 is 1.37 bits per heavy atom. The number of hydrogen-bond donors (Lipinski definition) is 1. The third kappa shape index (κ3) is 5.59. The van der Waals surface area contributed by atoms with Crippen molar-refractivity contribution >= 4 is 18.3 Å². The van der Waals surface area contributed by atoms with E-state index in [-0.39, 0.29) is 30.8 Å². The average Bonchev–Trinajstić information content (AvgIpc) is 2.39. The first-order valence-electron chi connectivity index (χ1n) is 6.10. The number of rotatable bonds is 6. The molecule has 19 heavy (non-hydrogen) atoms. The van der Waals surface area contributed by atoms with E-state index in [1.54, 1.807) is 19.1 Å². The number of carbonyl (C=O) groups is 1. The molecule has 0 aliphatic heterocycles. The summed E-state index contributed by atoms with van der Waals surface area (Å²) in [5.41, 5.74) is 6.95. The largest absolute Gasteiger partial charge is 0.383 e. The van der Waals surface area contributed by atoms with Crippen molar-refractivity contribution in [2.45, 2.75) is 18.9 Å². The second kappa shape index (κ2) is 8.91. The van der Waals surface area contributed by atoms with Crippen LogP contribution < -0.4 is 5.73 Å².